The number of nitrogens with zero attached hydrogens (tertiary/aromatic N) is 1. The van der Waals surface area contributed by atoms with Crippen molar-refractivity contribution in [3.8, 4) is 22.8 Å². The van der Waals surface area contributed by atoms with Gasteiger partial charge in [0.1, 0.15) is 11.5 Å². The van der Waals surface area contributed by atoms with Crippen LogP contribution in [-0.2, 0) is 9.59 Å². The average Bonchev–Trinajstić information content (AvgIpc) is 2.77. The van der Waals surface area contributed by atoms with Crippen LogP contribution in [0.3, 0.4) is 0 Å². The summed E-state index contributed by atoms with van der Waals surface area (Å²) in [6, 6.07) is 4.06. The Morgan fingerprint density at radius 1 is 1.32 bits per heavy atom. The quantitative estimate of drug-likeness (QED) is 0.600. The van der Waals surface area contributed by atoms with E-state index in [1.165, 1.54) is 18.2 Å². The minimum Gasteiger partial charge on any atom is -0.508 e. The lowest BCUT2D eigenvalue weighted by Gasteiger charge is -2.01. The van der Waals surface area contributed by atoms with Gasteiger partial charge in [-0.2, -0.15) is 0 Å². The molecule has 0 aliphatic heterocycles. The monoisotopic (exact) mass is 279 g/mol. The second kappa shape index (κ2) is 4.94. The number of phenolic OH excluding ortho intramolecular Hbond substituents is 2. The molecule has 2 rings (SSSR count). The number of rotatable bonds is 2. The molecule has 0 unspecified atom stereocenters. The standard InChI is InChI=1S/C11H9N3O4S/c12-9(17)10(18)14-11-13-7(4-19-11)6-2-1-5(15)3-8(6)16/h1-4,15-16H,(H2,12,17)(H,13,14,18). The van der Waals surface area contributed by atoms with Crippen LogP contribution in [0, 0.1) is 0 Å². The first kappa shape index (κ1) is 12.8. The SMILES string of the molecule is NC(=O)C(=O)Nc1nc(-c2ccc(O)cc2O)cs1. The Balaban J connectivity index is 2.26. The highest BCUT2D eigenvalue weighted by Crippen LogP contribution is 2.33. The van der Waals surface area contributed by atoms with Gasteiger partial charge in [-0.05, 0) is 12.1 Å². The predicted molar refractivity (Wildman–Crippen MR) is 68.7 cm³/mol. The lowest BCUT2D eigenvalue weighted by atomic mass is 10.1. The summed E-state index contributed by atoms with van der Waals surface area (Å²) in [5.74, 6) is -2.28. The number of amides is 2. The van der Waals surface area contributed by atoms with Crippen LogP contribution in [0.5, 0.6) is 11.5 Å². The zero-order chi connectivity index (χ0) is 14.0. The van der Waals surface area contributed by atoms with Crippen molar-refractivity contribution in [2.75, 3.05) is 5.32 Å². The van der Waals surface area contributed by atoms with Gasteiger partial charge in [0.05, 0.1) is 5.69 Å². The van der Waals surface area contributed by atoms with E-state index >= 15 is 0 Å². The average molecular weight is 279 g/mol. The van der Waals surface area contributed by atoms with Gasteiger partial charge in [0.15, 0.2) is 5.13 Å². The number of hydrogen-bond acceptors (Lipinski definition) is 6. The van der Waals surface area contributed by atoms with Crippen LogP contribution in [0.25, 0.3) is 11.3 Å². The van der Waals surface area contributed by atoms with Crippen LogP contribution in [-0.4, -0.2) is 27.0 Å². The molecule has 98 valence electrons. The molecule has 1 aromatic heterocycles. The number of nitrogens with one attached hydrogen (secondary N) is 1. The third kappa shape index (κ3) is 2.80. The van der Waals surface area contributed by atoms with Gasteiger partial charge in [-0.15, -0.1) is 11.3 Å². The normalized spacial score (nSPS) is 10.1. The predicted octanol–water partition coefficient (Wildman–Crippen LogP) is 0.645. The van der Waals surface area contributed by atoms with Crippen molar-refractivity contribution in [1.29, 1.82) is 0 Å². The number of carbonyl (C=O) groups is 2. The molecule has 0 radical (unpaired) electrons. The number of nitrogens with two attached hydrogens (primary N) is 1. The van der Waals surface area contributed by atoms with E-state index in [9.17, 15) is 19.8 Å². The second-order valence-electron chi connectivity index (χ2n) is 3.56. The van der Waals surface area contributed by atoms with Crippen molar-refractivity contribution in [3.63, 3.8) is 0 Å². The summed E-state index contributed by atoms with van der Waals surface area (Å²) in [5, 5.41) is 22.8. The maximum atomic E-state index is 11.1. The molecule has 19 heavy (non-hydrogen) atoms. The number of primary amides is 1. The summed E-state index contributed by atoms with van der Waals surface area (Å²) in [6.07, 6.45) is 0. The van der Waals surface area contributed by atoms with E-state index in [0.29, 0.717) is 11.3 Å². The number of anilines is 1. The van der Waals surface area contributed by atoms with Gasteiger partial charge in [-0.25, -0.2) is 4.98 Å². The van der Waals surface area contributed by atoms with Crippen LogP contribution in [0.4, 0.5) is 5.13 Å². The van der Waals surface area contributed by atoms with Crippen molar-refractivity contribution < 1.29 is 19.8 Å². The van der Waals surface area contributed by atoms with Crippen molar-refractivity contribution in [3.05, 3.63) is 23.6 Å². The van der Waals surface area contributed by atoms with Gasteiger partial charge in [-0.1, -0.05) is 0 Å². The molecular weight excluding hydrogens is 270 g/mol. The smallest absolute Gasteiger partial charge is 0.315 e. The first-order chi connectivity index (χ1) is 8.97. The number of benzene rings is 1. The Hall–Kier alpha value is -2.61. The zero-order valence-electron chi connectivity index (χ0n) is 9.45. The van der Waals surface area contributed by atoms with E-state index in [1.807, 2.05) is 0 Å². The molecule has 5 N–H and O–H groups in total. The molecule has 0 aliphatic carbocycles. The molecule has 1 heterocycles. The lowest BCUT2D eigenvalue weighted by molar-refractivity contribution is -0.134. The minimum absolute atomic E-state index is 0.0706. The number of thiazole rings is 1. The van der Waals surface area contributed by atoms with Crippen LogP contribution in [0.1, 0.15) is 0 Å². The first-order valence-corrected chi connectivity index (χ1v) is 5.94. The topological polar surface area (TPSA) is 126 Å². The van der Waals surface area contributed by atoms with Crippen molar-refractivity contribution in [2.24, 2.45) is 5.73 Å². The number of phenols is 2. The van der Waals surface area contributed by atoms with Gasteiger partial charge in [-0.3, -0.25) is 14.9 Å². The van der Waals surface area contributed by atoms with Crippen LogP contribution in [0.15, 0.2) is 23.6 Å². The maximum Gasteiger partial charge on any atom is 0.315 e. The summed E-state index contributed by atoms with van der Waals surface area (Å²) >= 11 is 1.08. The summed E-state index contributed by atoms with van der Waals surface area (Å²) in [7, 11) is 0. The van der Waals surface area contributed by atoms with Crippen LogP contribution >= 0.6 is 11.3 Å². The molecule has 0 saturated heterocycles. The Morgan fingerprint density at radius 3 is 2.68 bits per heavy atom. The molecule has 0 atom stereocenters. The van der Waals surface area contributed by atoms with E-state index in [4.69, 9.17) is 5.73 Å². The summed E-state index contributed by atoms with van der Waals surface area (Å²) in [5.41, 5.74) is 5.60. The number of aromatic hydroxyl groups is 2. The molecule has 0 aliphatic rings. The van der Waals surface area contributed by atoms with E-state index < -0.39 is 11.8 Å². The first-order valence-electron chi connectivity index (χ1n) is 5.06. The summed E-state index contributed by atoms with van der Waals surface area (Å²) in [6.45, 7) is 0. The van der Waals surface area contributed by atoms with Crippen molar-refractivity contribution in [1.82, 2.24) is 4.98 Å². The number of hydrogen-bond donors (Lipinski definition) is 4. The number of carbonyl (C=O) groups excluding carboxylic acids is 2. The minimum atomic E-state index is -1.11. The van der Waals surface area contributed by atoms with Crippen LogP contribution in [0.2, 0.25) is 0 Å². The van der Waals surface area contributed by atoms with Crippen LogP contribution < -0.4 is 11.1 Å². The summed E-state index contributed by atoms with van der Waals surface area (Å²) in [4.78, 5) is 25.7. The van der Waals surface area contributed by atoms with E-state index in [0.717, 1.165) is 11.3 Å². The van der Waals surface area contributed by atoms with Gasteiger partial charge < -0.3 is 15.9 Å². The van der Waals surface area contributed by atoms with Gasteiger partial charge >= 0.3 is 11.8 Å². The Morgan fingerprint density at radius 2 is 2.05 bits per heavy atom. The van der Waals surface area contributed by atoms with E-state index in [2.05, 4.69) is 10.3 Å². The molecule has 0 saturated carbocycles. The highest BCUT2D eigenvalue weighted by atomic mass is 32.1. The highest BCUT2D eigenvalue weighted by Gasteiger charge is 2.13. The fourth-order valence-corrected chi connectivity index (χ4v) is 2.06. The molecule has 0 bridgehead atoms. The molecular formula is C11H9N3O4S. The highest BCUT2D eigenvalue weighted by molar-refractivity contribution is 7.14. The molecule has 0 fully saturated rings. The fraction of sp³-hybridized carbons (Fsp3) is 0. The third-order valence-electron chi connectivity index (χ3n) is 2.21. The molecule has 8 heteroatoms. The fourth-order valence-electron chi connectivity index (χ4n) is 1.35. The van der Waals surface area contributed by atoms with Gasteiger partial charge in [0.25, 0.3) is 0 Å². The van der Waals surface area contributed by atoms with Crippen molar-refractivity contribution in [2.45, 2.75) is 0 Å². The van der Waals surface area contributed by atoms with Gasteiger partial charge in [0.2, 0.25) is 0 Å². The third-order valence-corrected chi connectivity index (χ3v) is 2.96. The molecule has 1 aromatic carbocycles. The Kier molecular flexibility index (Phi) is 3.34. The molecule has 0 spiro atoms. The zero-order valence-corrected chi connectivity index (χ0v) is 10.3. The molecule has 7 nitrogen and oxygen atoms in total. The Labute approximate surface area is 111 Å². The molecule has 2 amide bonds. The second-order valence-corrected chi connectivity index (χ2v) is 4.42. The van der Waals surface area contributed by atoms with Crippen molar-refractivity contribution >= 4 is 28.3 Å². The van der Waals surface area contributed by atoms with Gasteiger partial charge in [0, 0.05) is 17.0 Å². The molecule has 2 aromatic rings. The lowest BCUT2D eigenvalue weighted by Crippen LogP contribution is -2.29. The Bertz CT molecular complexity index is 653. The van der Waals surface area contributed by atoms with E-state index in [1.54, 1.807) is 5.38 Å². The summed E-state index contributed by atoms with van der Waals surface area (Å²) < 4.78 is 0. The van der Waals surface area contributed by atoms with E-state index in [-0.39, 0.29) is 16.6 Å². The number of aromatic nitrogens is 1. The largest absolute Gasteiger partial charge is 0.508 e. The maximum absolute atomic E-state index is 11.1.